The van der Waals surface area contributed by atoms with E-state index in [1.807, 2.05) is 12.2 Å². The number of nitroso groups, excluding NO2 is 1. The molecule has 3 atom stereocenters. The van der Waals surface area contributed by atoms with Crippen LogP contribution in [0.15, 0.2) is 27.9 Å². The van der Waals surface area contributed by atoms with Crippen molar-refractivity contribution >= 4 is 21.8 Å². The maximum Gasteiger partial charge on any atom is 0.255 e. The second-order valence-corrected chi connectivity index (χ2v) is 7.39. The molecule has 2 heterocycles. The van der Waals surface area contributed by atoms with Crippen LogP contribution in [0.4, 0.5) is 0 Å². The fourth-order valence-electron chi connectivity index (χ4n) is 4.06. The third kappa shape index (κ3) is 1.90. The van der Waals surface area contributed by atoms with Crippen LogP contribution >= 0.6 is 15.9 Å². The molecule has 4 rings (SSSR count). The monoisotopic (exact) mass is 392 g/mol. The van der Waals surface area contributed by atoms with Crippen LogP contribution in [0, 0.1) is 4.91 Å². The zero-order valence-corrected chi connectivity index (χ0v) is 15.0. The Balaban J connectivity index is 2.02. The van der Waals surface area contributed by atoms with Gasteiger partial charge < -0.3 is 14.4 Å². The number of methoxy groups -OCH3 is 1. The minimum absolute atomic E-state index is 0.0362. The van der Waals surface area contributed by atoms with Gasteiger partial charge in [0, 0.05) is 30.0 Å². The number of hydrogen-bond acceptors (Lipinski definition) is 5. The lowest BCUT2D eigenvalue weighted by Crippen LogP contribution is -2.42. The first-order valence-electron chi connectivity index (χ1n) is 7.86. The zero-order valence-electron chi connectivity index (χ0n) is 13.4. The molecule has 0 saturated carbocycles. The summed E-state index contributed by atoms with van der Waals surface area (Å²) >= 11 is 3.53. The van der Waals surface area contributed by atoms with Crippen molar-refractivity contribution in [3.63, 3.8) is 0 Å². The molecule has 6 nitrogen and oxygen atoms in total. The van der Waals surface area contributed by atoms with Crippen LogP contribution in [-0.4, -0.2) is 43.7 Å². The van der Waals surface area contributed by atoms with Crippen molar-refractivity contribution in [2.75, 3.05) is 20.7 Å². The van der Waals surface area contributed by atoms with E-state index >= 15 is 0 Å². The molecule has 1 aromatic rings. The van der Waals surface area contributed by atoms with E-state index in [2.05, 4.69) is 21.1 Å². The predicted molar refractivity (Wildman–Crippen MR) is 91.7 cm³/mol. The Morgan fingerprint density at radius 1 is 1.50 bits per heavy atom. The first kappa shape index (κ1) is 15.6. The van der Waals surface area contributed by atoms with E-state index in [1.54, 1.807) is 25.1 Å². The Morgan fingerprint density at radius 2 is 2.29 bits per heavy atom. The van der Waals surface area contributed by atoms with Gasteiger partial charge in [-0.2, -0.15) is 4.91 Å². The fraction of sp³-hybridized carbons (Fsp3) is 0.471. The Morgan fingerprint density at radius 3 is 3.00 bits per heavy atom. The average Bonchev–Trinajstić information content (AvgIpc) is 2.87. The Kier molecular flexibility index (Phi) is 3.46. The minimum Gasteiger partial charge on any atom is -0.493 e. The molecule has 0 fully saturated rings. The van der Waals surface area contributed by atoms with E-state index in [0.29, 0.717) is 34.5 Å². The number of nitrogens with zero attached hydrogens (tertiary/aromatic N) is 2. The minimum atomic E-state index is -0.427. The Labute approximate surface area is 147 Å². The highest BCUT2D eigenvalue weighted by molar-refractivity contribution is 9.10. The van der Waals surface area contributed by atoms with E-state index in [4.69, 9.17) is 9.47 Å². The highest BCUT2D eigenvalue weighted by atomic mass is 79.9. The van der Waals surface area contributed by atoms with Crippen molar-refractivity contribution in [3.05, 3.63) is 38.7 Å². The lowest BCUT2D eigenvalue weighted by molar-refractivity contribution is 0.0782. The number of hydrogen-bond donors (Lipinski definition) is 0. The molecule has 1 aliphatic carbocycles. The van der Waals surface area contributed by atoms with Gasteiger partial charge in [0.1, 0.15) is 12.1 Å². The first-order valence-corrected chi connectivity index (χ1v) is 8.66. The summed E-state index contributed by atoms with van der Waals surface area (Å²) in [6.45, 7) is 0.616. The van der Waals surface area contributed by atoms with Gasteiger partial charge in [-0.15, -0.1) is 0 Å². The summed E-state index contributed by atoms with van der Waals surface area (Å²) in [7, 11) is 3.39. The molecular weight excluding hydrogens is 376 g/mol. The van der Waals surface area contributed by atoms with Gasteiger partial charge in [0.15, 0.2) is 11.5 Å². The summed E-state index contributed by atoms with van der Waals surface area (Å²) in [6.07, 6.45) is 4.88. The molecule has 1 spiro atoms. The van der Waals surface area contributed by atoms with E-state index < -0.39 is 11.5 Å². The van der Waals surface area contributed by atoms with E-state index in [1.165, 1.54) is 0 Å². The van der Waals surface area contributed by atoms with E-state index in [0.717, 1.165) is 12.0 Å². The number of ether oxygens (including phenoxy) is 2. The summed E-state index contributed by atoms with van der Waals surface area (Å²) in [4.78, 5) is 25.6. The van der Waals surface area contributed by atoms with Crippen LogP contribution < -0.4 is 9.47 Å². The number of benzene rings is 1. The van der Waals surface area contributed by atoms with Gasteiger partial charge in [-0.25, -0.2) is 0 Å². The molecule has 0 N–H and O–H groups in total. The fourth-order valence-corrected chi connectivity index (χ4v) is 4.64. The molecule has 1 amide bonds. The van der Waals surface area contributed by atoms with Gasteiger partial charge >= 0.3 is 0 Å². The lowest BCUT2D eigenvalue weighted by Gasteiger charge is -2.35. The molecule has 3 aliphatic rings. The predicted octanol–water partition coefficient (Wildman–Crippen LogP) is 3.03. The maximum atomic E-state index is 12.9. The number of carbonyl (C=O) groups excluding carboxylic acids is 1. The summed E-state index contributed by atoms with van der Waals surface area (Å²) < 4.78 is 12.4. The van der Waals surface area contributed by atoms with Crippen LogP contribution in [0.25, 0.3) is 0 Å². The van der Waals surface area contributed by atoms with Crippen LogP contribution in [0.3, 0.4) is 0 Å². The Bertz CT molecular complexity index is 778. The SMILES string of the molecule is COc1cc(Br)c2c3c1O[C@H]1C[C@@H](N=O)C=C[C@@]31CCN(C)C2=O. The molecule has 0 unspecified atom stereocenters. The van der Waals surface area contributed by atoms with E-state index in [9.17, 15) is 9.70 Å². The van der Waals surface area contributed by atoms with E-state index in [-0.39, 0.29) is 12.0 Å². The van der Waals surface area contributed by atoms with Crippen LogP contribution in [-0.2, 0) is 5.41 Å². The van der Waals surface area contributed by atoms with Crippen molar-refractivity contribution in [1.29, 1.82) is 0 Å². The van der Waals surface area contributed by atoms with Gasteiger partial charge in [0.05, 0.1) is 18.1 Å². The smallest absolute Gasteiger partial charge is 0.255 e. The summed E-state index contributed by atoms with van der Waals surface area (Å²) in [5.74, 6) is 1.17. The van der Waals surface area contributed by atoms with Crippen LogP contribution in [0.1, 0.15) is 28.8 Å². The number of rotatable bonds is 2. The molecule has 7 heteroatoms. The van der Waals surface area contributed by atoms with Crippen molar-refractivity contribution in [2.45, 2.75) is 30.4 Å². The quantitative estimate of drug-likeness (QED) is 0.572. The van der Waals surface area contributed by atoms with Crippen molar-refractivity contribution in [1.82, 2.24) is 4.90 Å². The number of halogens is 1. The molecule has 126 valence electrons. The van der Waals surface area contributed by atoms with Gasteiger partial charge in [-0.3, -0.25) is 4.79 Å². The van der Waals surface area contributed by atoms with Gasteiger partial charge in [0.2, 0.25) is 0 Å². The molecular formula is C17H17BrN2O4. The Hall–Kier alpha value is -1.89. The highest BCUT2D eigenvalue weighted by Gasteiger charge is 2.54. The first-order chi connectivity index (χ1) is 11.5. The maximum absolute atomic E-state index is 12.9. The molecule has 2 aliphatic heterocycles. The normalized spacial score (nSPS) is 30.3. The van der Waals surface area contributed by atoms with Gasteiger partial charge in [-0.1, -0.05) is 17.3 Å². The largest absolute Gasteiger partial charge is 0.493 e. The second-order valence-electron chi connectivity index (χ2n) is 6.53. The van der Waals surface area contributed by atoms with Crippen molar-refractivity contribution in [2.24, 2.45) is 5.18 Å². The average molecular weight is 393 g/mol. The third-order valence-electron chi connectivity index (χ3n) is 5.35. The lowest BCUT2D eigenvalue weighted by atomic mass is 9.69. The van der Waals surface area contributed by atoms with Gasteiger partial charge in [-0.05, 0) is 28.4 Å². The summed E-state index contributed by atoms with van der Waals surface area (Å²) in [5.41, 5.74) is 1.06. The summed E-state index contributed by atoms with van der Waals surface area (Å²) in [6, 6.07) is 1.37. The molecule has 1 aromatic carbocycles. The second kappa shape index (κ2) is 5.31. The van der Waals surface area contributed by atoms with Gasteiger partial charge in [0.25, 0.3) is 5.91 Å². The molecule has 0 aromatic heterocycles. The molecule has 24 heavy (non-hydrogen) atoms. The third-order valence-corrected chi connectivity index (χ3v) is 5.97. The van der Waals surface area contributed by atoms with Crippen LogP contribution in [0.2, 0.25) is 0 Å². The summed E-state index contributed by atoms with van der Waals surface area (Å²) in [5, 5.41) is 3.16. The van der Waals surface area contributed by atoms with Crippen LogP contribution in [0.5, 0.6) is 11.5 Å². The standard InChI is InChI=1S/C17H17BrN2O4/c1-20-6-5-17-4-3-9(19-22)7-12(17)24-15-11(23-2)8-10(18)13(14(15)17)16(20)21/h3-4,8-9,12H,5-7H2,1-2H3/t9-,12-,17-/m0/s1. The molecule has 0 radical (unpaired) electrons. The number of carbonyl (C=O) groups is 1. The topological polar surface area (TPSA) is 68.2 Å². The number of amides is 1. The highest BCUT2D eigenvalue weighted by Crippen LogP contribution is 2.57. The zero-order chi connectivity index (χ0) is 17.1. The van der Waals surface area contributed by atoms with Crippen molar-refractivity contribution < 1.29 is 14.3 Å². The molecule has 0 bridgehead atoms. The van der Waals surface area contributed by atoms with Crippen molar-refractivity contribution in [3.8, 4) is 11.5 Å². The molecule has 0 saturated heterocycles.